The second-order valence-electron chi connectivity index (χ2n) is 5.94. The molecule has 1 saturated heterocycles. The van der Waals surface area contributed by atoms with E-state index >= 15 is 0 Å². The SMILES string of the molecule is NCc1cn(CCCCOC2CCCCO2)c2ccccc12. The first-order valence-electron chi connectivity index (χ1n) is 8.38. The number of hydrogen-bond acceptors (Lipinski definition) is 3. The maximum Gasteiger partial charge on any atom is 0.157 e. The van der Waals surface area contributed by atoms with Gasteiger partial charge in [-0.25, -0.2) is 0 Å². The molecular weight excluding hydrogens is 276 g/mol. The van der Waals surface area contributed by atoms with Crippen molar-refractivity contribution in [1.82, 2.24) is 4.57 Å². The highest BCUT2D eigenvalue weighted by Crippen LogP contribution is 2.21. The van der Waals surface area contributed by atoms with E-state index in [1.54, 1.807) is 0 Å². The number of rotatable bonds is 7. The summed E-state index contributed by atoms with van der Waals surface area (Å²) in [5, 5.41) is 1.27. The zero-order valence-corrected chi connectivity index (χ0v) is 13.2. The van der Waals surface area contributed by atoms with Crippen molar-refractivity contribution in [1.29, 1.82) is 0 Å². The summed E-state index contributed by atoms with van der Waals surface area (Å²) in [6.45, 7) is 3.24. The van der Waals surface area contributed by atoms with Crippen molar-refractivity contribution in [2.24, 2.45) is 5.73 Å². The van der Waals surface area contributed by atoms with Crippen molar-refractivity contribution in [3.63, 3.8) is 0 Å². The van der Waals surface area contributed by atoms with Gasteiger partial charge in [0.1, 0.15) is 0 Å². The van der Waals surface area contributed by atoms with E-state index in [0.29, 0.717) is 6.54 Å². The average molecular weight is 302 g/mol. The van der Waals surface area contributed by atoms with Gasteiger partial charge in [0.15, 0.2) is 6.29 Å². The van der Waals surface area contributed by atoms with Crippen LogP contribution < -0.4 is 5.73 Å². The standard InChI is InChI=1S/C18H26N2O2/c19-13-15-14-20(17-8-2-1-7-16(15)17)10-4-6-12-22-18-9-3-5-11-21-18/h1-2,7-8,14,18H,3-6,9-13,19H2. The van der Waals surface area contributed by atoms with E-state index < -0.39 is 0 Å². The number of hydrogen-bond donors (Lipinski definition) is 1. The van der Waals surface area contributed by atoms with Gasteiger partial charge < -0.3 is 19.8 Å². The highest BCUT2D eigenvalue weighted by Gasteiger charge is 2.13. The van der Waals surface area contributed by atoms with Crippen LogP contribution in [0.25, 0.3) is 10.9 Å². The van der Waals surface area contributed by atoms with Gasteiger partial charge in [-0.05, 0) is 43.7 Å². The molecule has 0 spiro atoms. The molecule has 22 heavy (non-hydrogen) atoms. The molecule has 4 nitrogen and oxygen atoms in total. The molecule has 1 fully saturated rings. The van der Waals surface area contributed by atoms with Crippen molar-refractivity contribution >= 4 is 10.9 Å². The van der Waals surface area contributed by atoms with Crippen LogP contribution in [0, 0.1) is 0 Å². The van der Waals surface area contributed by atoms with Crippen LogP contribution in [0.4, 0.5) is 0 Å². The van der Waals surface area contributed by atoms with E-state index in [9.17, 15) is 0 Å². The van der Waals surface area contributed by atoms with Gasteiger partial charge in [0, 0.05) is 43.4 Å². The highest BCUT2D eigenvalue weighted by molar-refractivity contribution is 5.83. The van der Waals surface area contributed by atoms with Crippen LogP contribution in [0.3, 0.4) is 0 Å². The summed E-state index contributed by atoms with van der Waals surface area (Å²) in [5.74, 6) is 0. The third kappa shape index (κ3) is 3.69. The number of unbranched alkanes of at least 4 members (excludes halogenated alkanes) is 1. The molecule has 2 N–H and O–H groups in total. The zero-order chi connectivity index (χ0) is 15.2. The molecule has 0 aliphatic carbocycles. The lowest BCUT2D eigenvalue weighted by Gasteiger charge is -2.22. The number of nitrogens with zero attached hydrogens (tertiary/aromatic N) is 1. The fourth-order valence-corrected chi connectivity index (χ4v) is 3.11. The number of fused-ring (bicyclic) bond motifs is 1. The fraction of sp³-hybridized carbons (Fsp3) is 0.556. The largest absolute Gasteiger partial charge is 0.353 e. The Bertz CT molecular complexity index is 588. The summed E-state index contributed by atoms with van der Waals surface area (Å²) in [6, 6.07) is 8.48. The van der Waals surface area contributed by atoms with E-state index in [1.165, 1.54) is 29.3 Å². The molecular formula is C18H26N2O2. The van der Waals surface area contributed by atoms with Gasteiger partial charge in [0.2, 0.25) is 0 Å². The Morgan fingerprint density at radius 3 is 2.95 bits per heavy atom. The van der Waals surface area contributed by atoms with Crippen molar-refractivity contribution in [3.8, 4) is 0 Å². The molecule has 0 bridgehead atoms. The predicted molar refractivity (Wildman–Crippen MR) is 88.6 cm³/mol. The highest BCUT2D eigenvalue weighted by atomic mass is 16.7. The summed E-state index contributed by atoms with van der Waals surface area (Å²) in [4.78, 5) is 0. The maximum atomic E-state index is 5.84. The van der Waals surface area contributed by atoms with Crippen LogP contribution in [-0.2, 0) is 22.6 Å². The molecule has 4 heteroatoms. The Labute approximate surface area is 132 Å². The molecule has 2 aromatic rings. The van der Waals surface area contributed by atoms with Crippen molar-refractivity contribution in [3.05, 3.63) is 36.0 Å². The number of ether oxygens (including phenoxy) is 2. The minimum Gasteiger partial charge on any atom is -0.353 e. The normalized spacial score (nSPS) is 18.9. The fourth-order valence-electron chi connectivity index (χ4n) is 3.11. The maximum absolute atomic E-state index is 5.84. The van der Waals surface area contributed by atoms with Crippen LogP contribution in [-0.4, -0.2) is 24.1 Å². The van der Waals surface area contributed by atoms with Crippen LogP contribution in [0.5, 0.6) is 0 Å². The van der Waals surface area contributed by atoms with Gasteiger partial charge in [-0.1, -0.05) is 18.2 Å². The van der Waals surface area contributed by atoms with E-state index in [0.717, 1.165) is 39.0 Å². The Morgan fingerprint density at radius 2 is 2.14 bits per heavy atom. The lowest BCUT2D eigenvalue weighted by Crippen LogP contribution is -2.22. The van der Waals surface area contributed by atoms with Gasteiger partial charge in [-0.2, -0.15) is 0 Å². The van der Waals surface area contributed by atoms with Crippen LogP contribution in [0.15, 0.2) is 30.5 Å². The molecule has 0 radical (unpaired) electrons. The van der Waals surface area contributed by atoms with E-state index in [2.05, 4.69) is 35.0 Å². The number of nitrogens with two attached hydrogens (primary N) is 1. The minimum atomic E-state index is 0.0324. The Balaban J connectivity index is 1.47. The molecule has 1 aliphatic rings. The number of benzene rings is 1. The number of para-hydroxylation sites is 1. The monoisotopic (exact) mass is 302 g/mol. The van der Waals surface area contributed by atoms with E-state index in [4.69, 9.17) is 15.2 Å². The topological polar surface area (TPSA) is 49.4 Å². The van der Waals surface area contributed by atoms with Gasteiger partial charge in [-0.3, -0.25) is 0 Å². The molecule has 1 atom stereocenters. The third-order valence-corrected chi connectivity index (χ3v) is 4.33. The molecule has 0 saturated carbocycles. The predicted octanol–water partition coefficient (Wildman–Crippen LogP) is 3.42. The second kappa shape index (κ2) is 7.77. The van der Waals surface area contributed by atoms with E-state index in [-0.39, 0.29) is 6.29 Å². The Morgan fingerprint density at radius 1 is 1.23 bits per heavy atom. The van der Waals surface area contributed by atoms with Crippen LogP contribution in [0.2, 0.25) is 0 Å². The first-order valence-corrected chi connectivity index (χ1v) is 8.38. The van der Waals surface area contributed by atoms with Gasteiger partial charge in [0.25, 0.3) is 0 Å². The molecule has 0 amide bonds. The van der Waals surface area contributed by atoms with Crippen molar-refractivity contribution in [2.75, 3.05) is 13.2 Å². The van der Waals surface area contributed by atoms with Gasteiger partial charge in [0.05, 0.1) is 0 Å². The molecule has 1 aromatic carbocycles. The Hall–Kier alpha value is -1.36. The van der Waals surface area contributed by atoms with Crippen molar-refractivity contribution < 1.29 is 9.47 Å². The number of aromatic nitrogens is 1. The van der Waals surface area contributed by atoms with Crippen molar-refractivity contribution in [2.45, 2.75) is 51.5 Å². The number of aryl methyl sites for hydroxylation is 1. The molecule has 120 valence electrons. The van der Waals surface area contributed by atoms with Gasteiger partial charge >= 0.3 is 0 Å². The molecule has 2 heterocycles. The molecule has 1 aromatic heterocycles. The lowest BCUT2D eigenvalue weighted by atomic mass is 10.2. The third-order valence-electron chi connectivity index (χ3n) is 4.33. The Kier molecular flexibility index (Phi) is 5.48. The summed E-state index contributed by atoms with van der Waals surface area (Å²) in [7, 11) is 0. The van der Waals surface area contributed by atoms with Gasteiger partial charge in [-0.15, -0.1) is 0 Å². The average Bonchev–Trinajstić information content (AvgIpc) is 2.94. The summed E-state index contributed by atoms with van der Waals surface area (Å²) in [5.41, 5.74) is 8.34. The molecule has 1 aliphatic heterocycles. The van der Waals surface area contributed by atoms with Crippen LogP contribution >= 0.6 is 0 Å². The molecule has 3 rings (SSSR count). The summed E-state index contributed by atoms with van der Waals surface area (Å²) < 4.78 is 13.7. The summed E-state index contributed by atoms with van der Waals surface area (Å²) in [6.07, 6.45) is 7.83. The lowest BCUT2D eigenvalue weighted by molar-refractivity contribution is -0.162. The zero-order valence-electron chi connectivity index (χ0n) is 13.2. The van der Waals surface area contributed by atoms with E-state index in [1.807, 2.05) is 0 Å². The molecule has 1 unspecified atom stereocenters. The minimum absolute atomic E-state index is 0.0324. The second-order valence-corrected chi connectivity index (χ2v) is 5.94. The van der Waals surface area contributed by atoms with Crippen LogP contribution in [0.1, 0.15) is 37.7 Å². The smallest absolute Gasteiger partial charge is 0.157 e. The quantitative estimate of drug-likeness (QED) is 0.797. The summed E-state index contributed by atoms with van der Waals surface area (Å²) >= 11 is 0. The first kappa shape index (κ1) is 15.5. The first-order chi connectivity index (χ1) is 10.9.